The van der Waals surface area contributed by atoms with Gasteiger partial charge in [-0.2, -0.15) is 4.98 Å². The summed E-state index contributed by atoms with van der Waals surface area (Å²) < 4.78 is 14.1. The van der Waals surface area contributed by atoms with Gasteiger partial charge in [-0.1, -0.05) is 34.1 Å². The second-order valence-electron chi connectivity index (χ2n) is 8.17. The van der Waals surface area contributed by atoms with Gasteiger partial charge in [0.15, 0.2) is 5.65 Å². The number of amides is 1. The van der Waals surface area contributed by atoms with Crippen LogP contribution in [0.1, 0.15) is 16.9 Å². The summed E-state index contributed by atoms with van der Waals surface area (Å²) in [6.45, 7) is 2.45. The van der Waals surface area contributed by atoms with Crippen molar-refractivity contribution in [2.75, 3.05) is 25.0 Å². The average molecular weight is 521 g/mol. The molecular formula is C25H22BrFN6O. The lowest BCUT2D eigenvalue weighted by Crippen LogP contribution is -2.31. The van der Waals surface area contributed by atoms with Crippen molar-refractivity contribution in [3.63, 3.8) is 0 Å². The molecule has 0 aliphatic carbocycles. The molecular weight excluding hydrogens is 499 g/mol. The molecule has 5 rings (SSSR count). The number of carbonyl (C=O) groups excluding carboxylic acids is 1. The number of carbonyl (C=O) groups is 1. The largest absolute Gasteiger partial charge is 0.350 e. The van der Waals surface area contributed by atoms with Gasteiger partial charge in [-0.15, -0.1) is 0 Å². The molecule has 3 heterocycles. The molecule has 7 nitrogen and oxygen atoms in total. The fourth-order valence-corrected chi connectivity index (χ4v) is 4.45. The topological polar surface area (TPSA) is 91.8 Å². The molecule has 0 radical (unpaired) electrons. The standard InChI is InChI=1S/C25H22BrFN6O/c26-21-4-2-1-3-19(21)20-11-16-14-30-25(31-18-7-5-17(27)6-8-18)33-23(16)32-22(20)24(34)29-13-15-9-10-28-12-15/h1-8,11,14-15,28H,9-10,12-13H2,(H,29,34)(H,30,31,32,33)/t15-/m0/s1. The third kappa shape index (κ3) is 4.90. The van der Waals surface area contributed by atoms with Crippen LogP contribution in [0.2, 0.25) is 0 Å². The minimum absolute atomic E-state index is 0.244. The number of nitrogens with one attached hydrogen (secondary N) is 3. The van der Waals surface area contributed by atoms with Crippen LogP contribution in [0.5, 0.6) is 0 Å². The zero-order chi connectivity index (χ0) is 23.5. The summed E-state index contributed by atoms with van der Waals surface area (Å²) in [6, 6.07) is 15.5. The molecule has 9 heteroatoms. The molecule has 1 aliphatic heterocycles. The Morgan fingerprint density at radius 3 is 2.71 bits per heavy atom. The summed E-state index contributed by atoms with van der Waals surface area (Å²) in [4.78, 5) is 26.8. The molecule has 0 spiro atoms. The summed E-state index contributed by atoms with van der Waals surface area (Å²) >= 11 is 3.59. The predicted octanol–water partition coefficient (Wildman–Crippen LogP) is 4.68. The van der Waals surface area contributed by atoms with Crippen molar-refractivity contribution in [3.05, 3.63) is 76.8 Å². The van der Waals surface area contributed by atoms with Gasteiger partial charge >= 0.3 is 0 Å². The van der Waals surface area contributed by atoms with E-state index in [9.17, 15) is 9.18 Å². The van der Waals surface area contributed by atoms with Crippen LogP contribution in [0.4, 0.5) is 16.0 Å². The second kappa shape index (κ2) is 9.82. The zero-order valence-electron chi connectivity index (χ0n) is 18.2. The van der Waals surface area contributed by atoms with E-state index in [2.05, 4.69) is 46.8 Å². The predicted molar refractivity (Wildman–Crippen MR) is 133 cm³/mol. The molecule has 3 N–H and O–H groups in total. The maximum atomic E-state index is 13.3. The normalized spacial score (nSPS) is 15.4. The molecule has 0 bridgehead atoms. The maximum absolute atomic E-state index is 13.3. The summed E-state index contributed by atoms with van der Waals surface area (Å²) in [5, 5.41) is 10.1. The Bertz CT molecular complexity index is 1340. The van der Waals surface area contributed by atoms with Crippen LogP contribution in [0.25, 0.3) is 22.2 Å². The fraction of sp³-hybridized carbons (Fsp3) is 0.200. The smallest absolute Gasteiger partial charge is 0.270 e. The monoisotopic (exact) mass is 520 g/mol. The van der Waals surface area contributed by atoms with Crippen LogP contribution in [0.15, 0.2) is 65.3 Å². The Hall–Kier alpha value is -3.43. The Kier molecular flexibility index (Phi) is 6.46. The molecule has 34 heavy (non-hydrogen) atoms. The van der Waals surface area contributed by atoms with Gasteiger partial charge in [0.25, 0.3) is 5.91 Å². The van der Waals surface area contributed by atoms with Gasteiger partial charge in [0.2, 0.25) is 5.95 Å². The van der Waals surface area contributed by atoms with E-state index in [4.69, 9.17) is 0 Å². The van der Waals surface area contributed by atoms with E-state index in [-0.39, 0.29) is 11.7 Å². The molecule has 2 aromatic carbocycles. The Balaban J connectivity index is 1.52. The molecule has 1 fully saturated rings. The summed E-state index contributed by atoms with van der Waals surface area (Å²) in [5.74, 6) is 0.148. The Morgan fingerprint density at radius 1 is 1.12 bits per heavy atom. The van der Waals surface area contributed by atoms with Crippen LogP contribution in [-0.4, -0.2) is 40.5 Å². The molecule has 2 aromatic heterocycles. The summed E-state index contributed by atoms with van der Waals surface area (Å²) in [6.07, 6.45) is 2.70. The van der Waals surface area contributed by atoms with Crippen molar-refractivity contribution >= 4 is 44.5 Å². The van der Waals surface area contributed by atoms with Crippen molar-refractivity contribution in [1.82, 2.24) is 25.6 Å². The highest BCUT2D eigenvalue weighted by Crippen LogP contribution is 2.32. The van der Waals surface area contributed by atoms with E-state index in [1.165, 1.54) is 12.1 Å². The van der Waals surface area contributed by atoms with E-state index in [0.717, 1.165) is 29.5 Å². The Labute approximate surface area is 204 Å². The lowest BCUT2D eigenvalue weighted by Gasteiger charge is -2.14. The van der Waals surface area contributed by atoms with Crippen LogP contribution in [0.3, 0.4) is 0 Å². The third-order valence-corrected chi connectivity index (χ3v) is 6.45. The number of hydrogen-bond donors (Lipinski definition) is 3. The van der Waals surface area contributed by atoms with Gasteiger partial charge < -0.3 is 16.0 Å². The summed E-state index contributed by atoms with van der Waals surface area (Å²) in [7, 11) is 0. The molecule has 0 saturated carbocycles. The maximum Gasteiger partial charge on any atom is 0.270 e. The zero-order valence-corrected chi connectivity index (χ0v) is 19.8. The first-order valence-electron chi connectivity index (χ1n) is 11.0. The van der Waals surface area contributed by atoms with Gasteiger partial charge in [-0.3, -0.25) is 4.79 Å². The van der Waals surface area contributed by atoms with Gasteiger partial charge in [-0.25, -0.2) is 14.4 Å². The van der Waals surface area contributed by atoms with Gasteiger partial charge in [0.05, 0.1) is 0 Å². The highest BCUT2D eigenvalue weighted by Gasteiger charge is 2.21. The SMILES string of the molecule is O=C(NC[C@H]1CCNC1)c1nc2nc(Nc3ccc(F)cc3)ncc2cc1-c1ccccc1Br. The highest BCUT2D eigenvalue weighted by atomic mass is 79.9. The van der Waals surface area contributed by atoms with Crippen LogP contribution < -0.4 is 16.0 Å². The minimum Gasteiger partial charge on any atom is -0.350 e. The van der Waals surface area contributed by atoms with E-state index in [0.29, 0.717) is 46.4 Å². The Morgan fingerprint density at radius 2 is 1.94 bits per heavy atom. The van der Waals surface area contributed by atoms with Gasteiger partial charge in [0.1, 0.15) is 11.5 Å². The first-order valence-corrected chi connectivity index (χ1v) is 11.8. The lowest BCUT2D eigenvalue weighted by molar-refractivity contribution is 0.0944. The molecule has 1 amide bonds. The quantitative estimate of drug-likeness (QED) is 0.342. The average Bonchev–Trinajstić information content (AvgIpc) is 3.37. The summed E-state index contributed by atoms with van der Waals surface area (Å²) in [5.41, 5.74) is 2.90. The number of halogens is 2. The van der Waals surface area contributed by atoms with Gasteiger partial charge in [-0.05, 0) is 67.4 Å². The van der Waals surface area contributed by atoms with E-state index < -0.39 is 0 Å². The third-order valence-electron chi connectivity index (χ3n) is 5.76. The number of benzene rings is 2. The van der Waals surface area contributed by atoms with Crippen molar-refractivity contribution < 1.29 is 9.18 Å². The number of pyridine rings is 1. The molecule has 1 saturated heterocycles. The second-order valence-corrected chi connectivity index (χ2v) is 9.03. The number of hydrogen-bond acceptors (Lipinski definition) is 6. The number of aromatic nitrogens is 3. The fourth-order valence-electron chi connectivity index (χ4n) is 3.95. The van der Waals surface area contributed by atoms with Crippen molar-refractivity contribution in [2.45, 2.75) is 6.42 Å². The molecule has 4 aromatic rings. The first-order chi connectivity index (χ1) is 16.6. The number of fused-ring (bicyclic) bond motifs is 1. The van der Waals surface area contributed by atoms with Crippen LogP contribution >= 0.6 is 15.9 Å². The number of nitrogens with zero attached hydrogens (tertiary/aromatic N) is 3. The van der Waals surface area contributed by atoms with E-state index in [1.54, 1.807) is 18.3 Å². The molecule has 0 unspecified atom stereocenters. The van der Waals surface area contributed by atoms with Gasteiger partial charge in [0, 0.05) is 33.9 Å². The lowest BCUT2D eigenvalue weighted by atomic mass is 10.0. The van der Waals surface area contributed by atoms with Crippen LogP contribution in [0, 0.1) is 11.7 Å². The van der Waals surface area contributed by atoms with E-state index in [1.807, 2.05) is 30.3 Å². The molecule has 1 aliphatic rings. The van der Waals surface area contributed by atoms with Crippen molar-refractivity contribution in [2.24, 2.45) is 5.92 Å². The van der Waals surface area contributed by atoms with Crippen molar-refractivity contribution in [1.29, 1.82) is 0 Å². The van der Waals surface area contributed by atoms with Crippen molar-refractivity contribution in [3.8, 4) is 11.1 Å². The molecule has 1 atom stereocenters. The molecule has 172 valence electrons. The number of anilines is 2. The van der Waals surface area contributed by atoms with Crippen LogP contribution in [-0.2, 0) is 0 Å². The first kappa shape index (κ1) is 22.4. The van der Waals surface area contributed by atoms with E-state index >= 15 is 0 Å². The number of rotatable bonds is 6. The minimum atomic E-state index is -0.324. The highest BCUT2D eigenvalue weighted by molar-refractivity contribution is 9.10.